The van der Waals surface area contributed by atoms with Crippen LogP contribution in [0.25, 0.3) is 0 Å². The van der Waals surface area contributed by atoms with Gasteiger partial charge in [-0.15, -0.1) is 0 Å². The number of nitrogens with zero attached hydrogens (tertiary/aromatic N) is 1. The van der Waals surface area contributed by atoms with Crippen LogP contribution in [0.15, 0.2) is 21.3 Å². The van der Waals surface area contributed by atoms with Crippen molar-refractivity contribution >= 4 is 44.0 Å². The van der Waals surface area contributed by atoms with Gasteiger partial charge in [0.2, 0.25) is 6.41 Å². The number of hydrogen-bond acceptors (Lipinski definition) is 2. The molecule has 0 aliphatic rings. The lowest BCUT2D eigenvalue weighted by molar-refractivity contribution is -0.105. The minimum Gasteiger partial charge on any atom is -0.329 e. The maximum atomic E-state index is 10.0. The molecule has 0 atom stereocenters. The number of nitrogens with one attached hydrogen (secondary N) is 1. The Labute approximate surface area is 80.5 Å². The van der Waals surface area contributed by atoms with Gasteiger partial charge in [-0.25, -0.2) is 4.98 Å². The van der Waals surface area contributed by atoms with Crippen molar-refractivity contribution in [1.29, 1.82) is 0 Å². The number of rotatable bonds is 2. The Balaban J connectivity index is 2.98. The van der Waals surface area contributed by atoms with Crippen LogP contribution >= 0.6 is 31.9 Å². The van der Waals surface area contributed by atoms with Crippen molar-refractivity contribution in [2.75, 3.05) is 5.32 Å². The largest absolute Gasteiger partial charge is 0.329 e. The molecule has 0 spiro atoms. The van der Waals surface area contributed by atoms with Gasteiger partial charge in [0.25, 0.3) is 0 Å². The Morgan fingerprint density at radius 3 is 2.36 bits per heavy atom. The zero-order chi connectivity index (χ0) is 8.27. The molecule has 58 valence electrons. The molecular formula is C6H4Br2N2O. The summed E-state index contributed by atoms with van der Waals surface area (Å²) in [5.41, 5.74) is 0.703. The van der Waals surface area contributed by atoms with Crippen LogP contribution in [0.5, 0.6) is 0 Å². The van der Waals surface area contributed by atoms with E-state index in [1.807, 2.05) is 0 Å². The molecular weight excluding hydrogens is 276 g/mol. The summed E-state index contributed by atoms with van der Waals surface area (Å²) in [5.74, 6) is 0. The number of hydrogen-bond donors (Lipinski definition) is 1. The van der Waals surface area contributed by atoms with E-state index in [1.54, 1.807) is 12.1 Å². The predicted molar refractivity (Wildman–Crippen MR) is 49.3 cm³/mol. The van der Waals surface area contributed by atoms with Crippen LogP contribution in [0, 0.1) is 0 Å². The summed E-state index contributed by atoms with van der Waals surface area (Å²) in [6.07, 6.45) is 0.619. The van der Waals surface area contributed by atoms with E-state index in [4.69, 9.17) is 0 Å². The van der Waals surface area contributed by atoms with Crippen molar-refractivity contribution in [3.63, 3.8) is 0 Å². The molecule has 1 N–H and O–H groups in total. The van der Waals surface area contributed by atoms with Gasteiger partial charge in [0.1, 0.15) is 9.21 Å². The normalized spacial score (nSPS) is 9.27. The van der Waals surface area contributed by atoms with E-state index < -0.39 is 0 Å². The van der Waals surface area contributed by atoms with Gasteiger partial charge in [-0.2, -0.15) is 0 Å². The fourth-order valence-corrected chi connectivity index (χ4v) is 1.73. The minimum absolute atomic E-state index is 0.619. The second kappa shape index (κ2) is 3.82. The molecule has 3 nitrogen and oxygen atoms in total. The summed E-state index contributed by atoms with van der Waals surface area (Å²) in [5, 5.41) is 2.51. The molecule has 0 fully saturated rings. The van der Waals surface area contributed by atoms with Crippen molar-refractivity contribution in [2.45, 2.75) is 0 Å². The van der Waals surface area contributed by atoms with Crippen molar-refractivity contribution in [2.24, 2.45) is 0 Å². The highest BCUT2D eigenvalue weighted by atomic mass is 79.9. The Bertz CT molecular complexity index is 257. The SMILES string of the molecule is O=CNc1cc(Br)nc(Br)c1. The fraction of sp³-hybridized carbons (Fsp3) is 0. The van der Waals surface area contributed by atoms with E-state index in [0.717, 1.165) is 0 Å². The number of carbonyl (C=O) groups excluding carboxylic acids is 1. The van der Waals surface area contributed by atoms with Gasteiger partial charge < -0.3 is 5.32 Å². The summed E-state index contributed by atoms with van der Waals surface area (Å²) < 4.78 is 1.35. The van der Waals surface area contributed by atoms with E-state index in [9.17, 15) is 4.79 Å². The highest BCUT2D eigenvalue weighted by Crippen LogP contribution is 2.18. The zero-order valence-electron chi connectivity index (χ0n) is 5.34. The van der Waals surface area contributed by atoms with Gasteiger partial charge in [-0.05, 0) is 44.0 Å². The molecule has 1 aromatic heterocycles. The Morgan fingerprint density at radius 2 is 1.91 bits per heavy atom. The van der Waals surface area contributed by atoms with E-state index >= 15 is 0 Å². The molecule has 1 heterocycles. The molecule has 0 bridgehead atoms. The van der Waals surface area contributed by atoms with E-state index in [1.165, 1.54) is 0 Å². The van der Waals surface area contributed by atoms with Crippen LogP contribution in [0.1, 0.15) is 0 Å². The minimum atomic E-state index is 0.619. The Kier molecular flexibility index (Phi) is 3.02. The molecule has 0 saturated heterocycles. The third-order valence-electron chi connectivity index (χ3n) is 0.988. The van der Waals surface area contributed by atoms with Crippen molar-refractivity contribution in [3.05, 3.63) is 21.3 Å². The molecule has 11 heavy (non-hydrogen) atoms. The van der Waals surface area contributed by atoms with Crippen LogP contribution in [-0.2, 0) is 4.79 Å². The van der Waals surface area contributed by atoms with Gasteiger partial charge in [0.15, 0.2) is 0 Å². The van der Waals surface area contributed by atoms with Gasteiger partial charge in [0, 0.05) is 5.69 Å². The van der Waals surface area contributed by atoms with Gasteiger partial charge in [-0.3, -0.25) is 4.79 Å². The first-order valence-electron chi connectivity index (χ1n) is 2.75. The Hall–Kier alpha value is -0.420. The molecule has 0 aliphatic heterocycles. The lowest BCUT2D eigenvalue weighted by Gasteiger charge is -1.98. The van der Waals surface area contributed by atoms with Crippen LogP contribution in [0.2, 0.25) is 0 Å². The molecule has 0 radical (unpaired) electrons. The maximum Gasteiger partial charge on any atom is 0.211 e. The third-order valence-corrected chi connectivity index (χ3v) is 1.80. The highest BCUT2D eigenvalue weighted by Gasteiger charge is 1.96. The maximum absolute atomic E-state index is 10.0. The summed E-state index contributed by atoms with van der Waals surface area (Å²) in [4.78, 5) is 14.0. The molecule has 0 aromatic carbocycles. The van der Waals surface area contributed by atoms with Gasteiger partial charge >= 0.3 is 0 Å². The van der Waals surface area contributed by atoms with E-state index in [2.05, 4.69) is 42.2 Å². The molecule has 0 saturated carbocycles. The first kappa shape index (κ1) is 8.67. The number of amides is 1. The van der Waals surface area contributed by atoms with Gasteiger partial charge in [-0.1, -0.05) is 0 Å². The molecule has 5 heteroatoms. The molecule has 1 amide bonds. The van der Waals surface area contributed by atoms with Crippen LogP contribution in [-0.4, -0.2) is 11.4 Å². The number of halogens is 2. The van der Waals surface area contributed by atoms with Crippen molar-refractivity contribution in [3.8, 4) is 0 Å². The number of pyridine rings is 1. The van der Waals surface area contributed by atoms with Crippen molar-refractivity contribution in [1.82, 2.24) is 4.98 Å². The van der Waals surface area contributed by atoms with Gasteiger partial charge in [0.05, 0.1) is 0 Å². The molecule has 0 aliphatic carbocycles. The molecule has 1 aromatic rings. The topological polar surface area (TPSA) is 42.0 Å². The van der Waals surface area contributed by atoms with E-state index in [-0.39, 0.29) is 0 Å². The van der Waals surface area contributed by atoms with Crippen LogP contribution < -0.4 is 5.32 Å². The monoisotopic (exact) mass is 278 g/mol. The lowest BCUT2D eigenvalue weighted by Crippen LogP contribution is -1.94. The highest BCUT2D eigenvalue weighted by molar-refractivity contribution is 9.11. The predicted octanol–water partition coefficient (Wildman–Crippen LogP) is 2.17. The smallest absolute Gasteiger partial charge is 0.211 e. The summed E-state index contributed by atoms with van der Waals surface area (Å²) in [6.45, 7) is 0. The third kappa shape index (κ3) is 2.59. The summed E-state index contributed by atoms with van der Waals surface area (Å²) >= 11 is 6.37. The van der Waals surface area contributed by atoms with Crippen LogP contribution in [0.4, 0.5) is 5.69 Å². The molecule has 0 unspecified atom stereocenters. The zero-order valence-corrected chi connectivity index (χ0v) is 8.52. The second-order valence-electron chi connectivity index (χ2n) is 1.76. The summed E-state index contributed by atoms with van der Waals surface area (Å²) in [6, 6.07) is 3.42. The quantitative estimate of drug-likeness (QED) is 0.666. The summed E-state index contributed by atoms with van der Waals surface area (Å²) in [7, 11) is 0. The average molecular weight is 280 g/mol. The fourth-order valence-electron chi connectivity index (χ4n) is 0.616. The number of anilines is 1. The first-order valence-corrected chi connectivity index (χ1v) is 4.34. The number of aromatic nitrogens is 1. The van der Waals surface area contributed by atoms with Crippen LogP contribution in [0.3, 0.4) is 0 Å². The Morgan fingerprint density at radius 1 is 1.36 bits per heavy atom. The van der Waals surface area contributed by atoms with Crippen molar-refractivity contribution < 1.29 is 4.79 Å². The molecule has 1 rings (SSSR count). The standard InChI is InChI=1S/C6H4Br2N2O/c7-5-1-4(9-3-11)2-6(8)10-5/h1-3H,(H,9,10,11). The first-order chi connectivity index (χ1) is 5.22. The van der Waals surface area contributed by atoms with E-state index in [0.29, 0.717) is 21.3 Å². The average Bonchev–Trinajstić information content (AvgIpc) is 1.85. The lowest BCUT2D eigenvalue weighted by atomic mass is 10.4. The second-order valence-corrected chi connectivity index (χ2v) is 3.39. The number of carbonyl (C=O) groups is 1.